The largest absolute Gasteiger partial charge is 0.224 e. The van der Waals surface area contributed by atoms with Crippen LogP contribution >= 0.6 is 0 Å². The lowest BCUT2D eigenvalue weighted by Crippen LogP contribution is -1.97. The van der Waals surface area contributed by atoms with Gasteiger partial charge in [0.05, 0.1) is 4.90 Å². The van der Waals surface area contributed by atoms with Gasteiger partial charge in [-0.1, -0.05) is 24.3 Å². The van der Waals surface area contributed by atoms with Crippen molar-refractivity contribution in [1.82, 2.24) is 0 Å². The molecule has 2 rings (SSSR count). The summed E-state index contributed by atoms with van der Waals surface area (Å²) in [6.07, 6.45) is 1.84. The monoisotopic (exact) mass is 264 g/mol. The van der Waals surface area contributed by atoms with Crippen molar-refractivity contribution in [3.05, 3.63) is 65.5 Å². The molecule has 0 N–H and O–H groups in total. The Balaban J connectivity index is 2.18. The zero-order valence-electron chi connectivity index (χ0n) is 9.93. The van der Waals surface area contributed by atoms with Crippen LogP contribution in [0.2, 0.25) is 0 Å². The van der Waals surface area contributed by atoms with Crippen LogP contribution in [0, 0.1) is 5.82 Å². The average Bonchev–Trinajstić information content (AvgIpc) is 2.32. The Morgan fingerprint density at radius 3 is 1.78 bits per heavy atom. The van der Waals surface area contributed by atoms with E-state index in [1.807, 2.05) is 0 Å². The number of hydrogen-bond acceptors (Lipinski definition) is 2. The van der Waals surface area contributed by atoms with Crippen LogP contribution in [0.15, 0.2) is 53.4 Å². The van der Waals surface area contributed by atoms with Gasteiger partial charge in [0.2, 0.25) is 0 Å². The van der Waals surface area contributed by atoms with Crippen molar-refractivity contribution in [2.45, 2.75) is 11.3 Å². The number of sulfone groups is 1. The van der Waals surface area contributed by atoms with E-state index in [2.05, 4.69) is 0 Å². The molecule has 4 heteroatoms. The van der Waals surface area contributed by atoms with Crippen molar-refractivity contribution >= 4 is 9.84 Å². The normalized spacial score (nSPS) is 11.4. The summed E-state index contributed by atoms with van der Waals surface area (Å²) in [4.78, 5) is 0.311. The molecule has 0 spiro atoms. The summed E-state index contributed by atoms with van der Waals surface area (Å²) in [6, 6.07) is 13.0. The third-order valence-corrected chi connectivity index (χ3v) is 3.80. The van der Waals surface area contributed by atoms with E-state index in [-0.39, 0.29) is 5.82 Å². The number of halogens is 1. The smallest absolute Gasteiger partial charge is 0.175 e. The predicted octanol–water partition coefficient (Wildman–Crippen LogP) is 2.82. The summed E-state index contributed by atoms with van der Waals surface area (Å²) in [6.45, 7) is 0. The lowest BCUT2D eigenvalue weighted by Gasteiger charge is -2.03. The van der Waals surface area contributed by atoms with Gasteiger partial charge in [-0.25, -0.2) is 12.8 Å². The quantitative estimate of drug-likeness (QED) is 0.854. The molecule has 94 valence electrons. The average molecular weight is 264 g/mol. The van der Waals surface area contributed by atoms with Crippen LogP contribution in [-0.2, 0) is 16.3 Å². The van der Waals surface area contributed by atoms with Crippen LogP contribution in [0.5, 0.6) is 0 Å². The van der Waals surface area contributed by atoms with Gasteiger partial charge < -0.3 is 0 Å². The molecule has 0 aliphatic carbocycles. The first kappa shape index (κ1) is 12.8. The van der Waals surface area contributed by atoms with E-state index < -0.39 is 9.84 Å². The molecular formula is C14H13FO2S. The highest BCUT2D eigenvalue weighted by atomic mass is 32.2. The molecule has 0 unspecified atom stereocenters. The maximum absolute atomic E-state index is 12.7. The van der Waals surface area contributed by atoms with Crippen molar-refractivity contribution in [3.8, 4) is 0 Å². The Labute approximate surface area is 106 Å². The SMILES string of the molecule is CS(=O)(=O)c1ccc(Cc2ccc(F)cc2)cc1. The van der Waals surface area contributed by atoms with Gasteiger partial charge >= 0.3 is 0 Å². The zero-order chi connectivity index (χ0) is 13.2. The number of hydrogen-bond donors (Lipinski definition) is 0. The fraction of sp³-hybridized carbons (Fsp3) is 0.143. The fourth-order valence-electron chi connectivity index (χ4n) is 1.69. The van der Waals surface area contributed by atoms with Gasteiger partial charge in [-0.15, -0.1) is 0 Å². The number of benzene rings is 2. The second-order valence-electron chi connectivity index (χ2n) is 4.22. The molecule has 18 heavy (non-hydrogen) atoms. The summed E-state index contributed by atoms with van der Waals surface area (Å²) in [5.74, 6) is -0.258. The molecule has 2 aromatic carbocycles. The van der Waals surface area contributed by atoms with E-state index in [1.165, 1.54) is 18.4 Å². The van der Waals surface area contributed by atoms with Crippen LogP contribution < -0.4 is 0 Å². The van der Waals surface area contributed by atoms with Gasteiger partial charge in [0.15, 0.2) is 9.84 Å². The van der Waals surface area contributed by atoms with Gasteiger partial charge in [-0.05, 0) is 41.8 Å². The van der Waals surface area contributed by atoms with E-state index in [9.17, 15) is 12.8 Å². The van der Waals surface area contributed by atoms with Gasteiger partial charge in [0.1, 0.15) is 5.82 Å². The summed E-state index contributed by atoms with van der Waals surface area (Å²) >= 11 is 0. The molecule has 0 atom stereocenters. The van der Waals surface area contributed by atoms with Crippen LogP contribution in [0.3, 0.4) is 0 Å². The van der Waals surface area contributed by atoms with E-state index in [4.69, 9.17) is 0 Å². The molecule has 0 heterocycles. The van der Waals surface area contributed by atoms with Crippen molar-refractivity contribution in [2.24, 2.45) is 0 Å². The van der Waals surface area contributed by atoms with E-state index in [0.29, 0.717) is 11.3 Å². The maximum atomic E-state index is 12.7. The van der Waals surface area contributed by atoms with Gasteiger partial charge in [-0.2, -0.15) is 0 Å². The highest BCUT2D eigenvalue weighted by molar-refractivity contribution is 7.90. The molecule has 0 saturated carbocycles. The van der Waals surface area contributed by atoms with Crippen LogP contribution in [0.25, 0.3) is 0 Å². The summed E-state index contributed by atoms with van der Waals surface area (Å²) < 4.78 is 35.3. The molecule has 0 fully saturated rings. The van der Waals surface area contributed by atoms with Crippen molar-refractivity contribution in [1.29, 1.82) is 0 Å². The fourth-order valence-corrected chi connectivity index (χ4v) is 2.32. The third kappa shape index (κ3) is 3.17. The maximum Gasteiger partial charge on any atom is 0.175 e. The van der Waals surface area contributed by atoms with Crippen molar-refractivity contribution in [2.75, 3.05) is 6.26 Å². The minimum absolute atomic E-state index is 0.258. The number of rotatable bonds is 3. The van der Waals surface area contributed by atoms with Crippen LogP contribution in [0.4, 0.5) is 4.39 Å². The standard InChI is InChI=1S/C14H13FO2S/c1-18(16,17)14-8-4-12(5-9-14)10-11-2-6-13(15)7-3-11/h2-9H,10H2,1H3. The van der Waals surface area contributed by atoms with Crippen LogP contribution in [0.1, 0.15) is 11.1 Å². The topological polar surface area (TPSA) is 34.1 Å². The first-order valence-electron chi connectivity index (χ1n) is 5.48. The second kappa shape index (κ2) is 4.90. The summed E-state index contributed by atoms with van der Waals surface area (Å²) in [5, 5.41) is 0. The minimum atomic E-state index is -3.15. The molecule has 2 aromatic rings. The summed E-state index contributed by atoms with van der Waals surface area (Å²) in [7, 11) is -3.15. The Morgan fingerprint density at radius 1 is 0.889 bits per heavy atom. The highest BCUT2D eigenvalue weighted by Crippen LogP contribution is 2.14. The third-order valence-electron chi connectivity index (χ3n) is 2.67. The molecule has 0 saturated heterocycles. The van der Waals surface area contributed by atoms with Gasteiger partial charge in [0.25, 0.3) is 0 Å². The molecule has 0 radical (unpaired) electrons. The van der Waals surface area contributed by atoms with E-state index in [1.54, 1.807) is 36.4 Å². The lowest BCUT2D eigenvalue weighted by molar-refractivity contribution is 0.602. The molecule has 0 aliphatic heterocycles. The predicted molar refractivity (Wildman–Crippen MR) is 68.8 cm³/mol. The highest BCUT2D eigenvalue weighted by Gasteiger charge is 2.06. The Morgan fingerprint density at radius 2 is 1.33 bits per heavy atom. The second-order valence-corrected chi connectivity index (χ2v) is 6.24. The molecule has 0 bridgehead atoms. The molecule has 0 aromatic heterocycles. The Hall–Kier alpha value is -1.68. The van der Waals surface area contributed by atoms with Crippen molar-refractivity contribution < 1.29 is 12.8 Å². The zero-order valence-corrected chi connectivity index (χ0v) is 10.7. The lowest BCUT2D eigenvalue weighted by atomic mass is 10.1. The molecular weight excluding hydrogens is 251 g/mol. The first-order chi connectivity index (χ1) is 8.45. The van der Waals surface area contributed by atoms with Crippen molar-refractivity contribution in [3.63, 3.8) is 0 Å². The van der Waals surface area contributed by atoms with Crippen LogP contribution in [-0.4, -0.2) is 14.7 Å². The van der Waals surface area contributed by atoms with E-state index >= 15 is 0 Å². The van der Waals surface area contributed by atoms with E-state index in [0.717, 1.165) is 11.1 Å². The molecule has 2 nitrogen and oxygen atoms in total. The summed E-state index contributed by atoms with van der Waals surface area (Å²) in [5.41, 5.74) is 1.98. The minimum Gasteiger partial charge on any atom is -0.224 e. The first-order valence-corrected chi connectivity index (χ1v) is 7.38. The Kier molecular flexibility index (Phi) is 3.48. The Bertz CT molecular complexity index is 628. The molecule has 0 aliphatic rings. The van der Waals surface area contributed by atoms with Gasteiger partial charge in [0, 0.05) is 6.26 Å². The van der Waals surface area contributed by atoms with Gasteiger partial charge in [-0.3, -0.25) is 0 Å². The molecule has 0 amide bonds.